The molecule has 0 aliphatic carbocycles. The SMILES string of the molecule is O=C(Nc1ccc(N2CCOCC2)cn1)c1cnc2ccccc2n1. The molecule has 1 aliphatic heterocycles. The minimum Gasteiger partial charge on any atom is -0.378 e. The maximum absolute atomic E-state index is 12.4. The number of ether oxygens (including phenoxy) is 1. The zero-order chi connectivity index (χ0) is 17.1. The summed E-state index contributed by atoms with van der Waals surface area (Å²) in [6.45, 7) is 3.14. The molecule has 3 heterocycles. The quantitative estimate of drug-likeness (QED) is 0.790. The van der Waals surface area contributed by atoms with E-state index in [9.17, 15) is 4.79 Å². The lowest BCUT2D eigenvalue weighted by molar-refractivity contribution is 0.102. The number of hydrogen-bond acceptors (Lipinski definition) is 6. The van der Waals surface area contributed by atoms with Gasteiger partial charge in [-0.15, -0.1) is 0 Å². The lowest BCUT2D eigenvalue weighted by Gasteiger charge is -2.28. The molecule has 0 unspecified atom stereocenters. The monoisotopic (exact) mass is 335 g/mol. The summed E-state index contributed by atoms with van der Waals surface area (Å²) in [6, 6.07) is 11.2. The molecule has 126 valence electrons. The van der Waals surface area contributed by atoms with Crippen molar-refractivity contribution in [1.82, 2.24) is 15.0 Å². The summed E-state index contributed by atoms with van der Waals surface area (Å²) < 4.78 is 5.35. The van der Waals surface area contributed by atoms with Crippen molar-refractivity contribution in [2.75, 3.05) is 36.5 Å². The van der Waals surface area contributed by atoms with Gasteiger partial charge in [0, 0.05) is 13.1 Å². The number of morpholine rings is 1. The largest absolute Gasteiger partial charge is 0.378 e. The summed E-state index contributed by atoms with van der Waals surface area (Å²) >= 11 is 0. The van der Waals surface area contributed by atoms with Crippen LogP contribution >= 0.6 is 0 Å². The summed E-state index contributed by atoms with van der Waals surface area (Å²) in [7, 11) is 0. The zero-order valence-corrected chi connectivity index (χ0v) is 13.6. The van der Waals surface area contributed by atoms with E-state index in [2.05, 4.69) is 25.2 Å². The number of nitrogens with zero attached hydrogens (tertiary/aromatic N) is 4. The number of fused-ring (bicyclic) bond motifs is 1. The highest BCUT2D eigenvalue weighted by atomic mass is 16.5. The molecule has 0 bridgehead atoms. The molecule has 2 aromatic heterocycles. The summed E-state index contributed by atoms with van der Waals surface area (Å²) in [5, 5.41) is 2.76. The Bertz CT molecular complexity index is 891. The van der Waals surface area contributed by atoms with E-state index < -0.39 is 0 Å². The van der Waals surface area contributed by atoms with Gasteiger partial charge in [0.15, 0.2) is 0 Å². The Morgan fingerprint density at radius 2 is 1.80 bits per heavy atom. The summed E-state index contributed by atoms with van der Waals surface area (Å²) in [5.74, 6) is 0.154. The van der Waals surface area contributed by atoms with Gasteiger partial charge < -0.3 is 15.0 Å². The Labute approximate surface area is 144 Å². The standard InChI is InChI=1S/C18H17N5O2/c24-18(16-12-19-14-3-1-2-4-15(14)21-16)22-17-6-5-13(11-20-17)23-7-9-25-10-8-23/h1-6,11-12H,7-10H2,(H,20,22,24). The molecule has 0 radical (unpaired) electrons. The fourth-order valence-corrected chi connectivity index (χ4v) is 2.72. The van der Waals surface area contributed by atoms with Gasteiger partial charge in [-0.05, 0) is 24.3 Å². The Morgan fingerprint density at radius 3 is 2.56 bits per heavy atom. The lowest BCUT2D eigenvalue weighted by Crippen LogP contribution is -2.36. The van der Waals surface area contributed by atoms with E-state index in [-0.39, 0.29) is 11.6 Å². The van der Waals surface area contributed by atoms with E-state index in [1.165, 1.54) is 6.20 Å². The third-order valence-electron chi connectivity index (χ3n) is 4.05. The molecule has 0 atom stereocenters. The second-order valence-electron chi connectivity index (χ2n) is 5.70. The minimum atomic E-state index is -0.329. The van der Waals surface area contributed by atoms with Crippen LogP contribution in [0, 0.1) is 0 Å². The van der Waals surface area contributed by atoms with Crippen molar-refractivity contribution in [2.24, 2.45) is 0 Å². The van der Waals surface area contributed by atoms with Crippen LogP contribution in [0.25, 0.3) is 11.0 Å². The number of anilines is 2. The van der Waals surface area contributed by atoms with Gasteiger partial charge >= 0.3 is 0 Å². The first-order valence-corrected chi connectivity index (χ1v) is 8.11. The van der Waals surface area contributed by atoms with Gasteiger partial charge in [0.05, 0.1) is 42.3 Å². The second kappa shape index (κ2) is 6.82. The van der Waals surface area contributed by atoms with Crippen molar-refractivity contribution in [3.63, 3.8) is 0 Å². The molecule has 25 heavy (non-hydrogen) atoms. The average molecular weight is 335 g/mol. The molecule has 4 rings (SSSR count). The number of carbonyl (C=O) groups excluding carboxylic acids is 1. The van der Waals surface area contributed by atoms with E-state index in [4.69, 9.17) is 4.74 Å². The number of benzene rings is 1. The highest BCUT2D eigenvalue weighted by molar-refractivity contribution is 6.03. The van der Waals surface area contributed by atoms with Crippen LogP contribution in [-0.2, 0) is 4.74 Å². The molecule has 1 aromatic carbocycles. The molecule has 7 heteroatoms. The van der Waals surface area contributed by atoms with Crippen molar-refractivity contribution in [3.8, 4) is 0 Å². The maximum Gasteiger partial charge on any atom is 0.277 e. The number of rotatable bonds is 3. The van der Waals surface area contributed by atoms with Crippen molar-refractivity contribution < 1.29 is 9.53 Å². The summed E-state index contributed by atoms with van der Waals surface area (Å²) in [4.78, 5) is 27.5. The van der Waals surface area contributed by atoms with Crippen molar-refractivity contribution >= 4 is 28.4 Å². The number of amides is 1. The van der Waals surface area contributed by atoms with Gasteiger partial charge in [-0.3, -0.25) is 9.78 Å². The van der Waals surface area contributed by atoms with Crippen LogP contribution < -0.4 is 10.2 Å². The molecule has 1 aliphatic rings. The molecule has 7 nitrogen and oxygen atoms in total. The van der Waals surface area contributed by atoms with Gasteiger partial charge in [-0.1, -0.05) is 12.1 Å². The third kappa shape index (κ3) is 3.41. The number of aromatic nitrogens is 3. The zero-order valence-electron chi connectivity index (χ0n) is 13.6. The van der Waals surface area contributed by atoms with Gasteiger partial charge in [0.2, 0.25) is 0 Å². The predicted octanol–water partition coefficient (Wildman–Crippen LogP) is 2.11. The highest BCUT2D eigenvalue weighted by Gasteiger charge is 2.13. The molecule has 1 N–H and O–H groups in total. The Hall–Kier alpha value is -3.06. The highest BCUT2D eigenvalue weighted by Crippen LogP contribution is 2.17. The van der Waals surface area contributed by atoms with Crippen LogP contribution in [0.2, 0.25) is 0 Å². The molecule has 0 saturated carbocycles. The predicted molar refractivity (Wildman–Crippen MR) is 94.8 cm³/mol. The molecule has 1 fully saturated rings. The fourth-order valence-electron chi connectivity index (χ4n) is 2.72. The first kappa shape index (κ1) is 15.5. The van der Waals surface area contributed by atoms with Gasteiger partial charge in [-0.2, -0.15) is 0 Å². The second-order valence-corrected chi connectivity index (χ2v) is 5.70. The summed E-state index contributed by atoms with van der Waals surface area (Å²) in [6.07, 6.45) is 3.23. The number of hydrogen-bond donors (Lipinski definition) is 1. The Kier molecular flexibility index (Phi) is 4.22. The third-order valence-corrected chi connectivity index (χ3v) is 4.05. The topological polar surface area (TPSA) is 80.2 Å². The van der Waals surface area contributed by atoms with Gasteiger partial charge in [-0.25, -0.2) is 9.97 Å². The van der Waals surface area contributed by atoms with Crippen molar-refractivity contribution in [3.05, 3.63) is 54.5 Å². The van der Waals surface area contributed by atoms with Crippen LogP contribution in [0.1, 0.15) is 10.5 Å². The number of nitrogens with one attached hydrogen (secondary N) is 1. The number of carbonyl (C=O) groups is 1. The average Bonchev–Trinajstić information content (AvgIpc) is 2.69. The Morgan fingerprint density at radius 1 is 1.00 bits per heavy atom. The van der Waals surface area contributed by atoms with E-state index in [0.29, 0.717) is 11.3 Å². The number of para-hydroxylation sites is 2. The molecule has 0 spiro atoms. The van der Waals surface area contributed by atoms with E-state index in [1.54, 1.807) is 12.3 Å². The normalized spacial score (nSPS) is 14.5. The van der Waals surface area contributed by atoms with E-state index in [1.807, 2.05) is 30.3 Å². The molecule has 1 saturated heterocycles. The minimum absolute atomic E-state index is 0.262. The van der Waals surface area contributed by atoms with E-state index >= 15 is 0 Å². The van der Waals surface area contributed by atoms with Gasteiger partial charge in [0.25, 0.3) is 5.91 Å². The fraction of sp³-hybridized carbons (Fsp3) is 0.222. The van der Waals surface area contributed by atoms with E-state index in [0.717, 1.165) is 37.5 Å². The molecule has 1 amide bonds. The van der Waals surface area contributed by atoms with Gasteiger partial charge in [0.1, 0.15) is 11.5 Å². The van der Waals surface area contributed by atoms with Crippen LogP contribution in [0.15, 0.2) is 48.8 Å². The van der Waals surface area contributed by atoms with Crippen LogP contribution in [0.4, 0.5) is 11.5 Å². The first-order chi connectivity index (χ1) is 12.3. The van der Waals surface area contributed by atoms with Crippen molar-refractivity contribution in [2.45, 2.75) is 0 Å². The van der Waals surface area contributed by atoms with Crippen molar-refractivity contribution in [1.29, 1.82) is 0 Å². The number of pyridine rings is 1. The Balaban J connectivity index is 1.47. The first-order valence-electron chi connectivity index (χ1n) is 8.11. The van der Waals surface area contributed by atoms with Crippen LogP contribution in [0.3, 0.4) is 0 Å². The molecule has 3 aromatic rings. The summed E-state index contributed by atoms with van der Waals surface area (Å²) in [5.41, 5.74) is 2.72. The maximum atomic E-state index is 12.4. The molecular formula is C18H17N5O2. The lowest BCUT2D eigenvalue weighted by atomic mass is 10.3. The van der Waals surface area contributed by atoms with Crippen LogP contribution in [0.5, 0.6) is 0 Å². The smallest absolute Gasteiger partial charge is 0.277 e. The van der Waals surface area contributed by atoms with Crippen LogP contribution in [-0.4, -0.2) is 47.2 Å². The molecular weight excluding hydrogens is 318 g/mol.